The molecule has 0 saturated heterocycles. The van der Waals surface area contributed by atoms with E-state index in [9.17, 15) is 9.59 Å². The average molecular weight is 425 g/mol. The lowest BCUT2D eigenvalue weighted by Gasteiger charge is -2.03. The number of esters is 2. The van der Waals surface area contributed by atoms with Gasteiger partial charge < -0.3 is 9.47 Å². The quantitative estimate of drug-likeness (QED) is 0.101. The van der Waals surface area contributed by atoms with Gasteiger partial charge in [-0.15, -0.1) is 0 Å². The molecule has 0 atom stereocenters. The molecule has 0 aromatic carbocycles. The maximum atomic E-state index is 10.6. The summed E-state index contributed by atoms with van der Waals surface area (Å²) in [6, 6.07) is 0. The molecule has 0 saturated carbocycles. The van der Waals surface area contributed by atoms with Crippen LogP contribution in [-0.2, 0) is 19.1 Å². The van der Waals surface area contributed by atoms with Crippen LogP contribution < -0.4 is 0 Å². The minimum atomic E-state index is -0.166. The molecule has 0 fully saturated rings. The van der Waals surface area contributed by atoms with E-state index >= 15 is 0 Å². The Morgan fingerprint density at radius 1 is 0.467 bits per heavy atom. The summed E-state index contributed by atoms with van der Waals surface area (Å²) in [6.07, 6.45) is 27.4. The normalized spacial score (nSPS) is 11.1. The molecule has 0 rings (SSSR count). The van der Waals surface area contributed by atoms with E-state index in [1.54, 1.807) is 0 Å². The first-order valence-electron chi connectivity index (χ1n) is 12.5. The molecular weight excluding hydrogens is 376 g/mol. The molecular formula is C26H48O4. The van der Waals surface area contributed by atoms with Crippen LogP contribution in [0.4, 0.5) is 0 Å². The van der Waals surface area contributed by atoms with Gasteiger partial charge in [-0.2, -0.15) is 0 Å². The summed E-state index contributed by atoms with van der Waals surface area (Å²) < 4.78 is 9.87. The topological polar surface area (TPSA) is 52.6 Å². The number of carbonyl (C=O) groups is 2. The van der Waals surface area contributed by atoms with Crippen LogP contribution in [0.1, 0.15) is 129 Å². The summed E-state index contributed by atoms with van der Waals surface area (Å²) in [6.45, 7) is 4.11. The maximum absolute atomic E-state index is 10.6. The molecule has 0 aliphatic heterocycles. The molecule has 0 heterocycles. The van der Waals surface area contributed by atoms with Crippen molar-refractivity contribution >= 4 is 11.9 Å². The summed E-state index contributed by atoms with van der Waals surface area (Å²) in [5.41, 5.74) is 0. The number of allylic oxidation sites excluding steroid dienone is 2. The van der Waals surface area contributed by atoms with Crippen LogP contribution >= 0.6 is 0 Å². The van der Waals surface area contributed by atoms with E-state index in [1.165, 1.54) is 117 Å². The summed E-state index contributed by atoms with van der Waals surface area (Å²) in [5.74, 6) is -0.331. The molecule has 0 aromatic heterocycles. The number of hydrogen-bond acceptors (Lipinski definition) is 4. The Bertz CT molecular complexity index is 379. The molecule has 0 aliphatic carbocycles. The highest BCUT2D eigenvalue weighted by Gasteiger charge is 1.96. The van der Waals surface area contributed by atoms with Gasteiger partial charge in [-0.3, -0.25) is 9.59 Å². The Kier molecular flexibility index (Phi) is 22.9. The zero-order valence-electron chi connectivity index (χ0n) is 19.9. The lowest BCUT2D eigenvalue weighted by atomic mass is 10.1. The van der Waals surface area contributed by atoms with Crippen molar-refractivity contribution in [2.75, 3.05) is 13.2 Å². The zero-order chi connectivity index (χ0) is 22.1. The number of carbonyl (C=O) groups excluding carboxylic acids is 2. The molecule has 30 heavy (non-hydrogen) atoms. The molecule has 0 unspecified atom stereocenters. The van der Waals surface area contributed by atoms with Gasteiger partial charge in [0, 0.05) is 13.8 Å². The minimum Gasteiger partial charge on any atom is -0.466 e. The Balaban J connectivity index is 3.10. The van der Waals surface area contributed by atoms with E-state index in [0.29, 0.717) is 13.2 Å². The van der Waals surface area contributed by atoms with E-state index in [4.69, 9.17) is 9.47 Å². The fourth-order valence-corrected chi connectivity index (χ4v) is 3.52. The van der Waals surface area contributed by atoms with Gasteiger partial charge in [0.1, 0.15) is 0 Å². The monoisotopic (exact) mass is 424 g/mol. The van der Waals surface area contributed by atoms with Crippen molar-refractivity contribution in [1.82, 2.24) is 0 Å². The van der Waals surface area contributed by atoms with Crippen LogP contribution in [0, 0.1) is 0 Å². The second-order valence-corrected chi connectivity index (χ2v) is 8.39. The summed E-state index contributed by atoms with van der Waals surface area (Å²) >= 11 is 0. The second-order valence-electron chi connectivity index (χ2n) is 8.39. The van der Waals surface area contributed by atoms with E-state index in [-0.39, 0.29) is 11.9 Å². The Hall–Kier alpha value is -1.32. The van der Waals surface area contributed by atoms with Crippen molar-refractivity contribution in [3.05, 3.63) is 12.2 Å². The molecule has 4 nitrogen and oxygen atoms in total. The van der Waals surface area contributed by atoms with Gasteiger partial charge >= 0.3 is 11.9 Å². The maximum Gasteiger partial charge on any atom is 0.302 e. The molecule has 0 amide bonds. The molecule has 0 spiro atoms. The third-order valence-corrected chi connectivity index (χ3v) is 5.31. The minimum absolute atomic E-state index is 0.166. The van der Waals surface area contributed by atoms with Gasteiger partial charge in [0.15, 0.2) is 0 Å². The van der Waals surface area contributed by atoms with Gasteiger partial charge in [0.25, 0.3) is 0 Å². The van der Waals surface area contributed by atoms with Crippen LogP contribution in [0.15, 0.2) is 12.2 Å². The highest BCUT2D eigenvalue weighted by Crippen LogP contribution is 2.12. The fourth-order valence-electron chi connectivity index (χ4n) is 3.52. The molecule has 0 bridgehead atoms. The molecule has 0 N–H and O–H groups in total. The average Bonchev–Trinajstić information content (AvgIpc) is 2.70. The summed E-state index contributed by atoms with van der Waals surface area (Å²) in [7, 11) is 0. The third-order valence-electron chi connectivity index (χ3n) is 5.31. The van der Waals surface area contributed by atoms with Gasteiger partial charge in [-0.1, -0.05) is 89.2 Å². The van der Waals surface area contributed by atoms with Crippen molar-refractivity contribution < 1.29 is 19.1 Å². The molecule has 0 radical (unpaired) electrons. The molecule has 4 heteroatoms. The molecule has 0 aromatic rings. The number of hydrogen-bond donors (Lipinski definition) is 0. The summed E-state index contributed by atoms with van der Waals surface area (Å²) in [4.78, 5) is 21.3. The van der Waals surface area contributed by atoms with Crippen LogP contribution in [0.3, 0.4) is 0 Å². The van der Waals surface area contributed by atoms with Crippen LogP contribution in [0.2, 0.25) is 0 Å². The van der Waals surface area contributed by atoms with E-state index in [0.717, 1.165) is 12.8 Å². The van der Waals surface area contributed by atoms with Gasteiger partial charge in [0.2, 0.25) is 0 Å². The third kappa shape index (κ3) is 26.7. The lowest BCUT2D eigenvalue weighted by Crippen LogP contribution is -2.00. The van der Waals surface area contributed by atoms with Crippen molar-refractivity contribution in [3.63, 3.8) is 0 Å². The number of rotatable bonds is 22. The first-order valence-corrected chi connectivity index (χ1v) is 12.5. The van der Waals surface area contributed by atoms with Crippen molar-refractivity contribution in [1.29, 1.82) is 0 Å². The van der Waals surface area contributed by atoms with Crippen LogP contribution in [0.25, 0.3) is 0 Å². The Morgan fingerprint density at radius 3 is 1.03 bits per heavy atom. The predicted octanol–water partition coefficient (Wildman–Crippen LogP) is 7.69. The van der Waals surface area contributed by atoms with Crippen molar-refractivity contribution in [2.24, 2.45) is 0 Å². The molecule has 0 aliphatic rings. The Labute approximate surface area is 186 Å². The SMILES string of the molecule is CC(=O)OCCCCCCCCCC/C=C/CCCCCCCCCCOC(C)=O. The van der Waals surface area contributed by atoms with Crippen molar-refractivity contribution in [2.45, 2.75) is 129 Å². The second kappa shape index (κ2) is 24.0. The van der Waals surface area contributed by atoms with E-state index in [2.05, 4.69) is 12.2 Å². The van der Waals surface area contributed by atoms with Gasteiger partial charge in [-0.25, -0.2) is 0 Å². The zero-order valence-corrected chi connectivity index (χ0v) is 19.9. The van der Waals surface area contributed by atoms with Gasteiger partial charge in [-0.05, 0) is 38.5 Å². The van der Waals surface area contributed by atoms with Crippen LogP contribution in [0.5, 0.6) is 0 Å². The van der Waals surface area contributed by atoms with Crippen LogP contribution in [-0.4, -0.2) is 25.2 Å². The predicted molar refractivity (Wildman–Crippen MR) is 126 cm³/mol. The highest BCUT2D eigenvalue weighted by molar-refractivity contribution is 5.66. The molecule has 176 valence electrons. The van der Waals surface area contributed by atoms with E-state index in [1.807, 2.05) is 0 Å². The smallest absolute Gasteiger partial charge is 0.302 e. The number of unbranched alkanes of at least 4 members (excludes halogenated alkanes) is 16. The Morgan fingerprint density at radius 2 is 0.733 bits per heavy atom. The van der Waals surface area contributed by atoms with E-state index < -0.39 is 0 Å². The highest BCUT2D eigenvalue weighted by atomic mass is 16.5. The standard InChI is InChI=1S/C26H48O4/c1-25(27)29-23-21-19-17-15-13-11-9-7-5-3-4-6-8-10-12-14-16-18-20-22-24-30-26(2)28/h3-4H,5-24H2,1-2H3/b4-3+. The first-order chi connectivity index (χ1) is 14.6. The largest absolute Gasteiger partial charge is 0.466 e. The van der Waals surface area contributed by atoms with Crippen molar-refractivity contribution in [3.8, 4) is 0 Å². The summed E-state index contributed by atoms with van der Waals surface area (Å²) in [5, 5.41) is 0. The van der Waals surface area contributed by atoms with Gasteiger partial charge in [0.05, 0.1) is 13.2 Å². The number of ether oxygens (including phenoxy) is 2. The lowest BCUT2D eigenvalue weighted by molar-refractivity contribution is -0.142. The fraction of sp³-hybridized carbons (Fsp3) is 0.846. The first kappa shape index (κ1) is 28.7.